The number of likely N-dealkylation sites (tertiary alicyclic amines) is 1. The van der Waals surface area contributed by atoms with Gasteiger partial charge in [0.05, 0.1) is 6.54 Å². The third-order valence-electron chi connectivity index (χ3n) is 2.39. The first-order chi connectivity index (χ1) is 6.54. The van der Waals surface area contributed by atoms with Crippen LogP contribution in [0.3, 0.4) is 0 Å². The van der Waals surface area contributed by atoms with Crippen molar-refractivity contribution in [2.24, 2.45) is 0 Å². The maximum Gasteiger partial charge on any atom is 0.414 e. The van der Waals surface area contributed by atoms with E-state index in [1.807, 2.05) is 0 Å². The highest BCUT2D eigenvalue weighted by molar-refractivity contribution is 5.91. The van der Waals surface area contributed by atoms with Gasteiger partial charge in [-0.2, -0.15) is 0 Å². The molecule has 0 bridgehead atoms. The van der Waals surface area contributed by atoms with Crippen LogP contribution in [0.25, 0.3) is 0 Å². The van der Waals surface area contributed by atoms with Crippen LogP contribution in [0.4, 0.5) is 4.79 Å². The summed E-state index contributed by atoms with van der Waals surface area (Å²) in [6.07, 6.45) is -0.774. The normalized spacial score (nSPS) is 21.0. The topological polar surface area (TPSA) is 76.1 Å². The average molecular weight is 203 g/mol. The summed E-state index contributed by atoms with van der Waals surface area (Å²) in [6.45, 7) is -0.0752. The van der Waals surface area contributed by atoms with Gasteiger partial charge in [0.2, 0.25) is 5.91 Å². The first-order valence-corrected chi connectivity index (χ1v) is 4.18. The SMILES string of the molecule is COC1(OC)CCC(=O)N(C(=O)O)C1. The summed E-state index contributed by atoms with van der Waals surface area (Å²) in [6, 6.07) is 0. The summed E-state index contributed by atoms with van der Waals surface area (Å²) in [4.78, 5) is 22.6. The molecule has 80 valence electrons. The zero-order valence-corrected chi connectivity index (χ0v) is 8.15. The zero-order chi connectivity index (χ0) is 10.8. The predicted octanol–water partition coefficient (Wildman–Crippen LogP) is 0.276. The van der Waals surface area contributed by atoms with Crippen LogP contribution < -0.4 is 0 Å². The van der Waals surface area contributed by atoms with Crippen LogP contribution >= 0.6 is 0 Å². The number of hydrogen-bond acceptors (Lipinski definition) is 4. The number of piperidine rings is 1. The average Bonchev–Trinajstić information content (AvgIpc) is 2.19. The summed E-state index contributed by atoms with van der Waals surface area (Å²) >= 11 is 0. The second-order valence-electron chi connectivity index (χ2n) is 3.08. The summed E-state index contributed by atoms with van der Waals surface area (Å²) in [5.41, 5.74) is 0. The van der Waals surface area contributed by atoms with E-state index in [1.165, 1.54) is 14.2 Å². The molecule has 0 saturated carbocycles. The number of nitrogens with zero attached hydrogens (tertiary/aromatic N) is 1. The van der Waals surface area contributed by atoms with Gasteiger partial charge in [-0.05, 0) is 0 Å². The van der Waals surface area contributed by atoms with Crippen molar-refractivity contribution in [3.8, 4) is 0 Å². The Balaban J connectivity index is 2.79. The highest BCUT2D eigenvalue weighted by atomic mass is 16.7. The lowest BCUT2D eigenvalue weighted by molar-refractivity contribution is -0.227. The quantitative estimate of drug-likeness (QED) is 0.652. The fourth-order valence-electron chi connectivity index (χ4n) is 1.43. The van der Waals surface area contributed by atoms with Crippen LogP contribution in [0.15, 0.2) is 0 Å². The molecule has 0 aromatic heterocycles. The first kappa shape index (κ1) is 10.9. The standard InChI is InChI=1S/C8H13NO5/c1-13-8(14-2)4-3-6(10)9(5-8)7(11)12/h3-5H2,1-2H3,(H,11,12). The van der Waals surface area contributed by atoms with Gasteiger partial charge in [0, 0.05) is 27.1 Å². The Bertz CT molecular complexity index is 248. The number of amides is 2. The molecular weight excluding hydrogens is 190 g/mol. The minimum absolute atomic E-state index is 0.0752. The Labute approximate surface area is 81.4 Å². The van der Waals surface area contributed by atoms with Gasteiger partial charge in [0.1, 0.15) is 0 Å². The van der Waals surface area contributed by atoms with Gasteiger partial charge in [0.15, 0.2) is 5.79 Å². The van der Waals surface area contributed by atoms with Crippen molar-refractivity contribution in [2.45, 2.75) is 18.6 Å². The van der Waals surface area contributed by atoms with Crippen molar-refractivity contribution in [3.63, 3.8) is 0 Å². The van der Waals surface area contributed by atoms with E-state index in [1.54, 1.807) is 0 Å². The van der Waals surface area contributed by atoms with E-state index in [4.69, 9.17) is 14.6 Å². The molecule has 0 radical (unpaired) electrons. The van der Waals surface area contributed by atoms with E-state index in [0.717, 1.165) is 4.90 Å². The molecule has 6 heteroatoms. The fraction of sp³-hybridized carbons (Fsp3) is 0.750. The number of imide groups is 1. The van der Waals surface area contributed by atoms with Crippen LogP contribution in [-0.4, -0.2) is 48.6 Å². The molecule has 1 N–H and O–H groups in total. The lowest BCUT2D eigenvalue weighted by Crippen LogP contribution is -2.54. The molecule has 1 heterocycles. The third-order valence-corrected chi connectivity index (χ3v) is 2.39. The molecule has 1 aliphatic heterocycles. The molecule has 0 aromatic rings. The van der Waals surface area contributed by atoms with Crippen LogP contribution in [-0.2, 0) is 14.3 Å². The van der Waals surface area contributed by atoms with E-state index in [0.29, 0.717) is 6.42 Å². The molecule has 0 spiro atoms. The number of rotatable bonds is 2. The Kier molecular flexibility index (Phi) is 3.07. The zero-order valence-electron chi connectivity index (χ0n) is 8.15. The highest BCUT2D eigenvalue weighted by Crippen LogP contribution is 2.25. The molecule has 2 amide bonds. The molecular formula is C8H13NO5. The molecule has 14 heavy (non-hydrogen) atoms. The smallest absolute Gasteiger partial charge is 0.414 e. The van der Waals surface area contributed by atoms with Crippen molar-refractivity contribution in [1.82, 2.24) is 4.90 Å². The first-order valence-electron chi connectivity index (χ1n) is 4.18. The lowest BCUT2D eigenvalue weighted by atomic mass is 10.0. The van der Waals surface area contributed by atoms with Gasteiger partial charge >= 0.3 is 6.09 Å². The van der Waals surface area contributed by atoms with Crippen molar-refractivity contribution in [1.29, 1.82) is 0 Å². The Morgan fingerprint density at radius 2 is 2.07 bits per heavy atom. The molecule has 0 unspecified atom stereocenters. The summed E-state index contributed by atoms with van der Waals surface area (Å²) < 4.78 is 10.2. The van der Waals surface area contributed by atoms with E-state index in [9.17, 15) is 9.59 Å². The van der Waals surface area contributed by atoms with Crippen LogP contribution in [0.1, 0.15) is 12.8 Å². The third kappa shape index (κ3) is 1.85. The predicted molar refractivity (Wildman–Crippen MR) is 45.7 cm³/mol. The molecule has 0 aliphatic carbocycles. The Morgan fingerprint density at radius 1 is 1.50 bits per heavy atom. The largest absolute Gasteiger partial charge is 0.465 e. The number of methoxy groups -OCH3 is 2. The van der Waals surface area contributed by atoms with Gasteiger partial charge in [-0.25, -0.2) is 9.69 Å². The molecule has 0 atom stereocenters. The minimum atomic E-state index is -1.27. The summed E-state index contributed by atoms with van der Waals surface area (Å²) in [5, 5.41) is 8.73. The molecule has 1 aliphatic rings. The summed E-state index contributed by atoms with van der Waals surface area (Å²) in [5.74, 6) is -1.39. The van der Waals surface area contributed by atoms with Crippen molar-refractivity contribution in [2.75, 3.05) is 20.8 Å². The van der Waals surface area contributed by atoms with E-state index in [-0.39, 0.29) is 13.0 Å². The highest BCUT2D eigenvalue weighted by Gasteiger charge is 2.41. The van der Waals surface area contributed by atoms with Crippen molar-refractivity contribution in [3.05, 3.63) is 0 Å². The molecule has 6 nitrogen and oxygen atoms in total. The van der Waals surface area contributed by atoms with Crippen LogP contribution in [0, 0.1) is 0 Å². The molecule has 1 saturated heterocycles. The van der Waals surface area contributed by atoms with E-state index in [2.05, 4.69) is 0 Å². The number of ether oxygens (including phenoxy) is 2. The van der Waals surface area contributed by atoms with Gasteiger partial charge < -0.3 is 14.6 Å². The lowest BCUT2D eigenvalue weighted by Gasteiger charge is -2.37. The van der Waals surface area contributed by atoms with Crippen LogP contribution in [0.2, 0.25) is 0 Å². The maximum absolute atomic E-state index is 11.2. The minimum Gasteiger partial charge on any atom is -0.465 e. The van der Waals surface area contributed by atoms with Crippen molar-refractivity contribution >= 4 is 12.0 Å². The summed E-state index contributed by atoms with van der Waals surface area (Å²) in [7, 11) is 2.86. The van der Waals surface area contributed by atoms with Gasteiger partial charge in [-0.1, -0.05) is 0 Å². The number of carbonyl (C=O) groups excluding carboxylic acids is 1. The number of carboxylic acid groups (broad SMARTS) is 1. The van der Waals surface area contributed by atoms with Crippen LogP contribution in [0.5, 0.6) is 0 Å². The monoisotopic (exact) mass is 203 g/mol. The second-order valence-corrected chi connectivity index (χ2v) is 3.08. The number of hydrogen-bond donors (Lipinski definition) is 1. The van der Waals surface area contributed by atoms with Crippen molar-refractivity contribution < 1.29 is 24.2 Å². The van der Waals surface area contributed by atoms with E-state index >= 15 is 0 Å². The second kappa shape index (κ2) is 3.93. The molecule has 1 rings (SSSR count). The Morgan fingerprint density at radius 3 is 2.50 bits per heavy atom. The van der Waals surface area contributed by atoms with Gasteiger partial charge in [-0.15, -0.1) is 0 Å². The number of carbonyl (C=O) groups is 2. The molecule has 0 aromatic carbocycles. The maximum atomic E-state index is 11.2. The van der Waals surface area contributed by atoms with E-state index < -0.39 is 17.8 Å². The van der Waals surface area contributed by atoms with Gasteiger partial charge in [0.25, 0.3) is 0 Å². The Hall–Kier alpha value is -1.14. The van der Waals surface area contributed by atoms with Gasteiger partial charge in [-0.3, -0.25) is 4.79 Å². The fourth-order valence-corrected chi connectivity index (χ4v) is 1.43. The molecule has 1 fully saturated rings.